The van der Waals surface area contributed by atoms with Crippen LogP contribution in [0.5, 0.6) is 5.75 Å². The number of nitrogens with two attached hydrogens (primary N) is 3. The molecule has 1 amide bonds. The first-order chi connectivity index (χ1) is 16.0. The van der Waals surface area contributed by atoms with Crippen molar-refractivity contribution in [2.24, 2.45) is 11.5 Å². The molecule has 1 heterocycles. The summed E-state index contributed by atoms with van der Waals surface area (Å²) >= 11 is 0. The van der Waals surface area contributed by atoms with E-state index in [1.165, 1.54) is 19.2 Å². The molecule has 11 heteroatoms. The number of aromatic nitrogens is 2. The third kappa shape index (κ3) is 4.10. The molecule has 1 unspecified atom stereocenters. The lowest BCUT2D eigenvalue weighted by molar-refractivity contribution is -0.0888. The highest BCUT2D eigenvalue weighted by atomic mass is 19.3. The summed E-state index contributed by atoms with van der Waals surface area (Å²) in [5, 5.41) is 0. The Hall–Kier alpha value is -3.86. The molecule has 1 fully saturated rings. The van der Waals surface area contributed by atoms with Crippen molar-refractivity contribution in [3.8, 4) is 17.0 Å². The number of alkyl halides is 2. The van der Waals surface area contributed by atoms with E-state index in [9.17, 15) is 22.8 Å². The highest BCUT2D eigenvalue weighted by molar-refractivity contribution is 6.03. The Morgan fingerprint density at radius 1 is 1.18 bits per heavy atom. The number of ether oxygens (including phenoxy) is 1. The number of amides is 1. The Bertz CT molecular complexity index is 1270. The molecule has 2 aromatic carbocycles. The van der Waals surface area contributed by atoms with Gasteiger partial charge in [0.15, 0.2) is 11.5 Å². The number of halogens is 3. The normalized spacial score (nSPS) is 16.0. The standard InChI is InChI=1S/C23H22F3N5O3/c1-34-16-7-6-14(24)8-15(16)20(32)17(27)11-2-4-12(5-3-11)18-19(21(28)33)31(29)22(30-18)13-9-23(25,26)10-13/h2-8,13,17H,9-10,27,29H2,1H3,(H2,28,33). The van der Waals surface area contributed by atoms with Gasteiger partial charge in [-0.1, -0.05) is 24.3 Å². The number of nitrogen functional groups attached to an aromatic ring is 1. The molecule has 4 rings (SSSR count). The fourth-order valence-corrected chi connectivity index (χ4v) is 4.06. The van der Waals surface area contributed by atoms with Gasteiger partial charge < -0.3 is 22.0 Å². The summed E-state index contributed by atoms with van der Waals surface area (Å²) in [4.78, 5) is 29.2. The lowest BCUT2D eigenvalue weighted by Gasteiger charge is -2.34. The van der Waals surface area contributed by atoms with Crippen LogP contribution in [0, 0.1) is 5.82 Å². The van der Waals surface area contributed by atoms with Crippen LogP contribution >= 0.6 is 0 Å². The Balaban J connectivity index is 1.64. The topological polar surface area (TPSA) is 139 Å². The molecule has 178 valence electrons. The zero-order valence-electron chi connectivity index (χ0n) is 18.1. The van der Waals surface area contributed by atoms with E-state index in [0.29, 0.717) is 11.1 Å². The highest BCUT2D eigenvalue weighted by Gasteiger charge is 2.48. The maximum atomic E-state index is 13.7. The van der Waals surface area contributed by atoms with Crippen LogP contribution in [0.15, 0.2) is 42.5 Å². The number of carbonyl (C=O) groups is 2. The first kappa shape index (κ1) is 23.3. The average Bonchev–Trinajstić information content (AvgIpc) is 3.13. The van der Waals surface area contributed by atoms with Crippen molar-refractivity contribution in [2.45, 2.75) is 30.7 Å². The molecule has 1 aromatic heterocycles. The van der Waals surface area contributed by atoms with Crippen molar-refractivity contribution in [3.63, 3.8) is 0 Å². The summed E-state index contributed by atoms with van der Waals surface area (Å²) in [6.07, 6.45) is -0.837. The molecule has 0 saturated heterocycles. The van der Waals surface area contributed by atoms with Gasteiger partial charge in [0.05, 0.1) is 18.7 Å². The van der Waals surface area contributed by atoms with Gasteiger partial charge in [-0.25, -0.2) is 22.8 Å². The van der Waals surface area contributed by atoms with E-state index >= 15 is 0 Å². The number of benzene rings is 2. The second-order valence-electron chi connectivity index (χ2n) is 8.17. The monoisotopic (exact) mass is 473 g/mol. The lowest BCUT2D eigenvalue weighted by Crippen LogP contribution is -2.36. The molecule has 0 bridgehead atoms. The van der Waals surface area contributed by atoms with Crippen molar-refractivity contribution < 1.29 is 27.5 Å². The Morgan fingerprint density at radius 2 is 1.82 bits per heavy atom. The molecule has 0 spiro atoms. The van der Waals surface area contributed by atoms with Crippen LogP contribution in [0.2, 0.25) is 0 Å². The average molecular weight is 473 g/mol. The number of rotatable bonds is 7. The SMILES string of the molecule is COc1ccc(F)cc1C(=O)C(N)c1ccc(-c2nc(C3CC(F)(F)C3)n(N)c2C(N)=O)cc1. The zero-order chi connectivity index (χ0) is 24.8. The van der Waals surface area contributed by atoms with Gasteiger partial charge in [0.1, 0.15) is 23.1 Å². The van der Waals surface area contributed by atoms with Gasteiger partial charge in [0.25, 0.3) is 5.91 Å². The summed E-state index contributed by atoms with van der Waals surface area (Å²) in [6, 6.07) is 8.62. The fraction of sp³-hybridized carbons (Fsp3) is 0.261. The quantitative estimate of drug-likeness (QED) is 0.356. The molecular weight excluding hydrogens is 451 g/mol. The predicted octanol–water partition coefficient (Wildman–Crippen LogP) is 2.91. The minimum Gasteiger partial charge on any atom is -0.496 e. The van der Waals surface area contributed by atoms with Crippen LogP contribution in [-0.2, 0) is 0 Å². The van der Waals surface area contributed by atoms with Crippen molar-refractivity contribution in [3.05, 3.63) is 70.9 Å². The van der Waals surface area contributed by atoms with E-state index in [-0.39, 0.29) is 28.5 Å². The molecule has 1 atom stereocenters. The van der Waals surface area contributed by atoms with Crippen LogP contribution < -0.4 is 22.0 Å². The van der Waals surface area contributed by atoms with Gasteiger partial charge in [-0.05, 0) is 23.8 Å². The first-order valence-electron chi connectivity index (χ1n) is 10.3. The molecule has 34 heavy (non-hydrogen) atoms. The summed E-state index contributed by atoms with van der Waals surface area (Å²) in [5.41, 5.74) is 12.4. The Kier molecular flexibility index (Phi) is 5.82. The zero-order valence-corrected chi connectivity index (χ0v) is 18.1. The summed E-state index contributed by atoms with van der Waals surface area (Å²) in [5.74, 6) is 0.875. The maximum absolute atomic E-state index is 13.7. The number of ketones is 1. The van der Waals surface area contributed by atoms with Gasteiger partial charge in [0, 0.05) is 24.3 Å². The minimum absolute atomic E-state index is 0.00101. The molecule has 1 saturated carbocycles. The molecule has 0 radical (unpaired) electrons. The number of nitrogens with zero attached hydrogens (tertiary/aromatic N) is 2. The maximum Gasteiger partial charge on any atom is 0.269 e. The number of primary amides is 1. The second kappa shape index (κ2) is 8.49. The predicted molar refractivity (Wildman–Crippen MR) is 117 cm³/mol. The van der Waals surface area contributed by atoms with Crippen LogP contribution in [0.1, 0.15) is 57.0 Å². The molecular formula is C23H22F3N5O3. The van der Waals surface area contributed by atoms with E-state index in [4.69, 9.17) is 22.0 Å². The second-order valence-corrected chi connectivity index (χ2v) is 8.17. The van der Waals surface area contributed by atoms with Crippen molar-refractivity contribution in [1.82, 2.24) is 9.66 Å². The lowest BCUT2D eigenvalue weighted by atomic mass is 9.81. The van der Waals surface area contributed by atoms with Gasteiger partial charge in [-0.2, -0.15) is 0 Å². The molecule has 1 aliphatic carbocycles. The molecule has 8 nitrogen and oxygen atoms in total. The van der Waals surface area contributed by atoms with Crippen molar-refractivity contribution >= 4 is 11.7 Å². The third-order valence-corrected chi connectivity index (χ3v) is 5.88. The minimum atomic E-state index is -2.79. The Morgan fingerprint density at radius 3 is 2.38 bits per heavy atom. The number of imidazole rings is 1. The number of Topliss-reactive ketones (excluding diaryl/α,β-unsaturated/α-hetero) is 1. The van der Waals surface area contributed by atoms with Crippen LogP contribution in [0.25, 0.3) is 11.3 Å². The van der Waals surface area contributed by atoms with Crippen molar-refractivity contribution in [1.29, 1.82) is 0 Å². The van der Waals surface area contributed by atoms with E-state index < -0.39 is 48.2 Å². The Labute approximate surface area is 192 Å². The number of methoxy groups -OCH3 is 1. The van der Waals surface area contributed by atoms with E-state index in [0.717, 1.165) is 10.7 Å². The fourth-order valence-electron chi connectivity index (χ4n) is 4.06. The largest absolute Gasteiger partial charge is 0.496 e. The summed E-state index contributed by atoms with van der Waals surface area (Å²) < 4.78 is 46.4. The van der Waals surface area contributed by atoms with Crippen LogP contribution in [-0.4, -0.2) is 34.4 Å². The van der Waals surface area contributed by atoms with Crippen molar-refractivity contribution in [2.75, 3.05) is 13.0 Å². The highest BCUT2D eigenvalue weighted by Crippen LogP contribution is 2.48. The number of hydrogen-bond donors (Lipinski definition) is 3. The summed E-state index contributed by atoms with van der Waals surface area (Å²) in [7, 11) is 1.36. The molecule has 1 aliphatic rings. The molecule has 0 aliphatic heterocycles. The number of hydrogen-bond acceptors (Lipinski definition) is 6. The first-order valence-corrected chi connectivity index (χ1v) is 10.3. The van der Waals surface area contributed by atoms with Gasteiger partial charge in [0.2, 0.25) is 5.92 Å². The van der Waals surface area contributed by atoms with Gasteiger partial charge >= 0.3 is 0 Å². The van der Waals surface area contributed by atoms with E-state index in [2.05, 4.69) is 4.98 Å². The number of carbonyl (C=O) groups excluding carboxylic acids is 2. The van der Waals surface area contributed by atoms with E-state index in [1.54, 1.807) is 24.3 Å². The third-order valence-electron chi connectivity index (χ3n) is 5.88. The van der Waals surface area contributed by atoms with Gasteiger partial charge in [-0.3, -0.25) is 9.59 Å². The molecule has 3 aromatic rings. The molecule has 6 N–H and O–H groups in total. The summed E-state index contributed by atoms with van der Waals surface area (Å²) in [6.45, 7) is 0. The smallest absolute Gasteiger partial charge is 0.269 e. The van der Waals surface area contributed by atoms with E-state index in [1.807, 2.05) is 0 Å². The van der Waals surface area contributed by atoms with Crippen LogP contribution in [0.4, 0.5) is 13.2 Å². The van der Waals surface area contributed by atoms with Crippen LogP contribution in [0.3, 0.4) is 0 Å². The van der Waals surface area contributed by atoms with Gasteiger partial charge in [-0.15, -0.1) is 0 Å².